The maximum atomic E-state index is 13.6. The van der Waals surface area contributed by atoms with Crippen LogP contribution in [0.1, 0.15) is 34.5 Å². The summed E-state index contributed by atoms with van der Waals surface area (Å²) in [7, 11) is 0. The van der Waals surface area contributed by atoms with Gasteiger partial charge in [-0.3, -0.25) is 9.59 Å². The molecule has 1 saturated heterocycles. The molecule has 6 nitrogen and oxygen atoms in total. The summed E-state index contributed by atoms with van der Waals surface area (Å²) in [6.45, 7) is -0.0726. The smallest absolute Gasteiger partial charge is 0.276 e. The van der Waals surface area contributed by atoms with Crippen LogP contribution in [-0.2, 0) is 17.8 Å². The SMILES string of the molecule is O=C(Cc1cccc(F)c1)NCc1ccc(-c2nc(C(=O)N3CCCC(F)(F)C3)co2)cc1. The first-order valence-electron chi connectivity index (χ1n) is 10.5. The largest absolute Gasteiger partial charge is 0.444 e. The van der Waals surface area contributed by atoms with Crippen molar-refractivity contribution in [3.63, 3.8) is 0 Å². The predicted octanol–water partition coefficient (Wildman–Crippen LogP) is 4.21. The molecule has 0 radical (unpaired) electrons. The van der Waals surface area contributed by atoms with E-state index in [9.17, 15) is 22.8 Å². The topological polar surface area (TPSA) is 75.4 Å². The molecular formula is C24H22F3N3O3. The second kappa shape index (κ2) is 9.48. The Morgan fingerprint density at radius 3 is 2.64 bits per heavy atom. The number of aromatic nitrogens is 1. The molecule has 9 heteroatoms. The maximum absolute atomic E-state index is 13.6. The summed E-state index contributed by atoms with van der Waals surface area (Å²) in [6, 6.07) is 12.9. The summed E-state index contributed by atoms with van der Waals surface area (Å²) in [4.78, 5) is 29.8. The van der Waals surface area contributed by atoms with E-state index in [4.69, 9.17) is 4.42 Å². The number of amides is 2. The Morgan fingerprint density at radius 1 is 1.12 bits per heavy atom. The summed E-state index contributed by atoms with van der Waals surface area (Å²) >= 11 is 0. The summed E-state index contributed by atoms with van der Waals surface area (Å²) in [5.41, 5.74) is 2.00. The number of rotatable bonds is 6. The van der Waals surface area contributed by atoms with E-state index in [1.54, 1.807) is 36.4 Å². The molecule has 2 aromatic carbocycles. The van der Waals surface area contributed by atoms with Crippen molar-refractivity contribution in [1.29, 1.82) is 0 Å². The van der Waals surface area contributed by atoms with Crippen LogP contribution in [0.15, 0.2) is 59.2 Å². The summed E-state index contributed by atoms with van der Waals surface area (Å²) in [5.74, 6) is -3.89. The molecule has 0 saturated carbocycles. The van der Waals surface area contributed by atoms with Gasteiger partial charge in [-0.15, -0.1) is 0 Å². The first-order valence-corrected chi connectivity index (χ1v) is 10.5. The van der Waals surface area contributed by atoms with Crippen molar-refractivity contribution in [3.8, 4) is 11.5 Å². The normalized spacial score (nSPS) is 15.3. The zero-order valence-electron chi connectivity index (χ0n) is 17.7. The molecule has 0 aliphatic carbocycles. The fraction of sp³-hybridized carbons (Fsp3) is 0.292. The number of hydrogen-bond acceptors (Lipinski definition) is 4. The lowest BCUT2D eigenvalue weighted by atomic mass is 10.1. The number of halogens is 3. The van der Waals surface area contributed by atoms with Crippen LogP contribution in [0.5, 0.6) is 0 Å². The predicted molar refractivity (Wildman–Crippen MR) is 114 cm³/mol. The minimum absolute atomic E-state index is 0.0172. The van der Waals surface area contributed by atoms with E-state index in [-0.39, 0.29) is 55.7 Å². The van der Waals surface area contributed by atoms with Gasteiger partial charge in [-0.2, -0.15) is 0 Å². The van der Waals surface area contributed by atoms with Gasteiger partial charge in [-0.05, 0) is 41.8 Å². The molecule has 4 rings (SSSR count). The van der Waals surface area contributed by atoms with Gasteiger partial charge in [0.05, 0.1) is 13.0 Å². The number of piperidine rings is 1. The molecule has 0 atom stereocenters. The van der Waals surface area contributed by atoms with E-state index in [1.165, 1.54) is 18.4 Å². The molecule has 2 amide bonds. The minimum atomic E-state index is -2.89. The van der Waals surface area contributed by atoms with Crippen LogP contribution >= 0.6 is 0 Å². The van der Waals surface area contributed by atoms with E-state index in [2.05, 4.69) is 10.3 Å². The van der Waals surface area contributed by atoms with Gasteiger partial charge >= 0.3 is 0 Å². The Bertz CT molecular complexity index is 1150. The van der Waals surface area contributed by atoms with E-state index < -0.39 is 18.4 Å². The molecule has 0 unspecified atom stereocenters. The van der Waals surface area contributed by atoms with Crippen molar-refractivity contribution < 1.29 is 27.2 Å². The highest BCUT2D eigenvalue weighted by Crippen LogP contribution is 2.28. The Labute approximate surface area is 188 Å². The van der Waals surface area contributed by atoms with Crippen molar-refractivity contribution in [2.45, 2.75) is 31.7 Å². The number of likely N-dealkylation sites (tertiary alicyclic amines) is 1. The van der Waals surface area contributed by atoms with Gasteiger partial charge in [0.25, 0.3) is 11.8 Å². The van der Waals surface area contributed by atoms with Crippen LogP contribution in [0, 0.1) is 5.82 Å². The molecule has 0 spiro atoms. The fourth-order valence-electron chi connectivity index (χ4n) is 3.67. The second-order valence-electron chi connectivity index (χ2n) is 8.00. The molecule has 1 aliphatic heterocycles. The number of carbonyl (C=O) groups excluding carboxylic acids is 2. The fourth-order valence-corrected chi connectivity index (χ4v) is 3.67. The zero-order valence-corrected chi connectivity index (χ0v) is 17.7. The highest BCUT2D eigenvalue weighted by molar-refractivity contribution is 5.92. The van der Waals surface area contributed by atoms with Gasteiger partial charge in [0.2, 0.25) is 11.8 Å². The first kappa shape index (κ1) is 22.6. The van der Waals surface area contributed by atoms with E-state index in [1.807, 2.05) is 0 Å². The van der Waals surface area contributed by atoms with Crippen LogP contribution in [0.3, 0.4) is 0 Å². The third-order valence-electron chi connectivity index (χ3n) is 5.35. The lowest BCUT2D eigenvalue weighted by molar-refractivity contribution is -0.120. The number of nitrogens with zero attached hydrogens (tertiary/aromatic N) is 2. The molecular weight excluding hydrogens is 435 g/mol. The molecule has 1 aliphatic rings. The lowest BCUT2D eigenvalue weighted by Gasteiger charge is -2.31. The number of oxazole rings is 1. The Hall–Kier alpha value is -3.62. The lowest BCUT2D eigenvalue weighted by Crippen LogP contribution is -2.45. The minimum Gasteiger partial charge on any atom is -0.444 e. The van der Waals surface area contributed by atoms with E-state index in [0.29, 0.717) is 11.1 Å². The number of benzene rings is 2. The first-order chi connectivity index (χ1) is 15.8. The number of carbonyl (C=O) groups is 2. The van der Waals surface area contributed by atoms with Gasteiger partial charge in [0.1, 0.15) is 12.1 Å². The van der Waals surface area contributed by atoms with Crippen molar-refractivity contribution in [1.82, 2.24) is 15.2 Å². The molecule has 1 aromatic heterocycles. The van der Waals surface area contributed by atoms with Crippen LogP contribution < -0.4 is 5.32 Å². The van der Waals surface area contributed by atoms with Gasteiger partial charge in [-0.1, -0.05) is 24.3 Å². The van der Waals surface area contributed by atoms with E-state index >= 15 is 0 Å². The third-order valence-corrected chi connectivity index (χ3v) is 5.35. The highest BCUT2D eigenvalue weighted by atomic mass is 19.3. The molecule has 33 heavy (non-hydrogen) atoms. The van der Waals surface area contributed by atoms with Crippen LogP contribution in [0.2, 0.25) is 0 Å². The number of nitrogens with one attached hydrogen (secondary N) is 1. The van der Waals surface area contributed by atoms with Crippen LogP contribution in [0.4, 0.5) is 13.2 Å². The number of hydrogen-bond donors (Lipinski definition) is 1. The molecule has 0 bridgehead atoms. The average molecular weight is 457 g/mol. The van der Waals surface area contributed by atoms with Gasteiger partial charge in [0.15, 0.2) is 5.69 Å². The van der Waals surface area contributed by atoms with Gasteiger partial charge < -0.3 is 14.6 Å². The molecule has 172 valence electrons. The quantitative estimate of drug-likeness (QED) is 0.602. The molecule has 1 N–H and O–H groups in total. The van der Waals surface area contributed by atoms with Crippen LogP contribution in [-0.4, -0.2) is 40.7 Å². The Morgan fingerprint density at radius 2 is 1.91 bits per heavy atom. The van der Waals surface area contributed by atoms with Gasteiger partial charge in [-0.25, -0.2) is 18.2 Å². The third kappa shape index (κ3) is 5.79. The maximum Gasteiger partial charge on any atom is 0.276 e. The zero-order chi connectivity index (χ0) is 23.4. The summed E-state index contributed by atoms with van der Waals surface area (Å²) in [5, 5.41) is 2.78. The van der Waals surface area contributed by atoms with Crippen molar-refractivity contribution >= 4 is 11.8 Å². The molecule has 1 fully saturated rings. The van der Waals surface area contributed by atoms with Crippen LogP contribution in [0.25, 0.3) is 11.5 Å². The van der Waals surface area contributed by atoms with Crippen molar-refractivity contribution in [2.24, 2.45) is 0 Å². The van der Waals surface area contributed by atoms with Gasteiger partial charge in [0, 0.05) is 25.1 Å². The van der Waals surface area contributed by atoms with E-state index in [0.717, 1.165) is 10.5 Å². The number of alkyl halides is 2. The Balaban J connectivity index is 1.33. The van der Waals surface area contributed by atoms with Crippen molar-refractivity contribution in [3.05, 3.63) is 77.4 Å². The molecule has 2 heterocycles. The summed E-state index contributed by atoms with van der Waals surface area (Å²) in [6.07, 6.45) is 1.26. The molecule has 3 aromatic rings. The standard InChI is InChI=1S/C24H22F3N3O3/c25-19-4-1-3-17(11-19)12-21(31)28-13-16-5-7-18(8-6-16)22-29-20(14-33-22)23(32)30-10-2-9-24(26,27)15-30/h1,3-8,11,14H,2,9-10,12-13,15H2,(H,28,31). The highest BCUT2D eigenvalue weighted by Gasteiger charge is 2.38. The average Bonchev–Trinajstić information content (AvgIpc) is 3.27. The Kier molecular flexibility index (Phi) is 6.48. The van der Waals surface area contributed by atoms with Crippen molar-refractivity contribution in [2.75, 3.05) is 13.1 Å². The second-order valence-corrected chi connectivity index (χ2v) is 8.00. The monoisotopic (exact) mass is 457 g/mol. The summed E-state index contributed by atoms with van der Waals surface area (Å²) < 4.78 is 45.8.